The van der Waals surface area contributed by atoms with Crippen molar-refractivity contribution < 1.29 is 10.0 Å². The number of rotatable bonds is 3. The molecule has 2 heterocycles. The van der Waals surface area contributed by atoms with Crippen LogP contribution < -0.4 is 5.56 Å². The van der Waals surface area contributed by atoms with Crippen molar-refractivity contribution in [1.29, 1.82) is 0 Å². The average molecular weight is 254 g/mol. The standard InChI is InChI=1S/C10H10N2O4S/c1-2-4-11-6-3-5-17-9(6)8(13)7(10(11)14)12(15)16/h3,5,13H,2,4H2,1H3. The van der Waals surface area contributed by atoms with Crippen LogP contribution in [0, 0.1) is 10.1 Å². The van der Waals surface area contributed by atoms with E-state index in [1.807, 2.05) is 6.92 Å². The fourth-order valence-corrected chi connectivity index (χ4v) is 2.59. The Morgan fingerprint density at radius 1 is 1.59 bits per heavy atom. The molecule has 0 amide bonds. The van der Waals surface area contributed by atoms with Crippen molar-refractivity contribution in [2.75, 3.05) is 0 Å². The topological polar surface area (TPSA) is 85.4 Å². The van der Waals surface area contributed by atoms with Crippen LogP contribution in [-0.4, -0.2) is 14.6 Å². The quantitative estimate of drug-likeness (QED) is 0.671. The monoisotopic (exact) mass is 254 g/mol. The van der Waals surface area contributed by atoms with Crippen LogP contribution >= 0.6 is 11.3 Å². The Bertz CT molecular complexity index is 644. The summed E-state index contributed by atoms with van der Waals surface area (Å²) < 4.78 is 1.72. The smallest absolute Gasteiger partial charge is 0.376 e. The summed E-state index contributed by atoms with van der Waals surface area (Å²) in [5.41, 5.74) is -0.946. The van der Waals surface area contributed by atoms with Crippen molar-refractivity contribution in [3.63, 3.8) is 0 Å². The number of hydrogen-bond acceptors (Lipinski definition) is 5. The third-order valence-electron chi connectivity index (χ3n) is 2.45. The second-order valence-electron chi connectivity index (χ2n) is 3.55. The van der Waals surface area contributed by atoms with Gasteiger partial charge in [0.1, 0.15) is 4.70 Å². The zero-order chi connectivity index (χ0) is 12.6. The van der Waals surface area contributed by atoms with Gasteiger partial charge in [0.05, 0.1) is 10.4 Å². The second kappa shape index (κ2) is 4.17. The first kappa shape index (κ1) is 11.6. The zero-order valence-corrected chi connectivity index (χ0v) is 9.86. The SMILES string of the molecule is CCCn1c(=O)c([N+](=O)[O-])c(O)c2sccc21. The highest BCUT2D eigenvalue weighted by Gasteiger charge is 2.25. The van der Waals surface area contributed by atoms with E-state index in [1.54, 1.807) is 11.4 Å². The maximum Gasteiger partial charge on any atom is 0.376 e. The van der Waals surface area contributed by atoms with E-state index in [9.17, 15) is 20.0 Å². The van der Waals surface area contributed by atoms with Gasteiger partial charge in [-0.3, -0.25) is 14.9 Å². The molecule has 17 heavy (non-hydrogen) atoms. The lowest BCUT2D eigenvalue weighted by atomic mass is 10.3. The molecule has 7 heteroatoms. The number of aromatic hydroxyl groups is 1. The third kappa shape index (κ3) is 1.68. The summed E-state index contributed by atoms with van der Waals surface area (Å²) in [6.45, 7) is 2.27. The van der Waals surface area contributed by atoms with Gasteiger partial charge in [-0.05, 0) is 17.9 Å². The van der Waals surface area contributed by atoms with Gasteiger partial charge in [0.2, 0.25) is 5.75 Å². The molecule has 1 N–H and O–H groups in total. The molecule has 0 saturated carbocycles. The Kier molecular flexibility index (Phi) is 2.84. The van der Waals surface area contributed by atoms with Crippen LogP contribution in [0.5, 0.6) is 5.75 Å². The summed E-state index contributed by atoms with van der Waals surface area (Å²) in [6, 6.07) is 1.68. The number of nitrogens with zero attached hydrogens (tertiary/aromatic N) is 2. The highest BCUT2D eigenvalue weighted by atomic mass is 32.1. The number of aryl methyl sites for hydroxylation is 1. The van der Waals surface area contributed by atoms with E-state index >= 15 is 0 Å². The summed E-state index contributed by atoms with van der Waals surface area (Å²) in [5, 5.41) is 22.2. The minimum Gasteiger partial charge on any atom is -0.501 e. The third-order valence-corrected chi connectivity index (χ3v) is 3.36. The summed E-state index contributed by atoms with van der Waals surface area (Å²) in [5.74, 6) is -0.530. The number of nitro groups is 1. The van der Waals surface area contributed by atoms with Gasteiger partial charge in [0.15, 0.2) is 0 Å². The van der Waals surface area contributed by atoms with Crippen molar-refractivity contribution in [2.45, 2.75) is 19.9 Å². The van der Waals surface area contributed by atoms with Crippen molar-refractivity contribution in [3.05, 3.63) is 31.9 Å². The summed E-state index contributed by atoms with van der Waals surface area (Å²) in [4.78, 5) is 21.9. The Morgan fingerprint density at radius 3 is 2.88 bits per heavy atom. The number of hydrogen-bond donors (Lipinski definition) is 1. The van der Waals surface area contributed by atoms with Gasteiger partial charge in [0.25, 0.3) is 0 Å². The van der Waals surface area contributed by atoms with Crippen LogP contribution in [0.4, 0.5) is 5.69 Å². The van der Waals surface area contributed by atoms with Gasteiger partial charge in [-0.25, -0.2) is 0 Å². The molecule has 6 nitrogen and oxygen atoms in total. The van der Waals surface area contributed by atoms with Crippen LogP contribution in [-0.2, 0) is 6.54 Å². The Balaban J connectivity index is 2.92. The van der Waals surface area contributed by atoms with Gasteiger partial charge in [-0.2, -0.15) is 0 Å². The van der Waals surface area contributed by atoms with Crippen LogP contribution in [0.15, 0.2) is 16.2 Å². The van der Waals surface area contributed by atoms with Crippen molar-refractivity contribution in [1.82, 2.24) is 4.57 Å². The molecule has 0 atom stereocenters. The first-order valence-corrected chi connectivity index (χ1v) is 5.93. The molecule has 0 aliphatic carbocycles. The number of pyridine rings is 1. The van der Waals surface area contributed by atoms with Gasteiger partial charge >= 0.3 is 11.2 Å². The lowest BCUT2D eigenvalue weighted by Crippen LogP contribution is -2.22. The number of thiophene rings is 1. The Labute approximate surface area is 99.9 Å². The van der Waals surface area contributed by atoms with E-state index in [1.165, 1.54) is 15.9 Å². The van der Waals surface area contributed by atoms with E-state index in [2.05, 4.69) is 0 Å². The molecule has 0 aromatic carbocycles. The molecule has 0 spiro atoms. The minimum absolute atomic E-state index is 0.379. The highest BCUT2D eigenvalue weighted by molar-refractivity contribution is 7.17. The van der Waals surface area contributed by atoms with Gasteiger partial charge in [0, 0.05) is 6.54 Å². The van der Waals surface area contributed by atoms with E-state index in [-0.39, 0.29) is 0 Å². The number of fused-ring (bicyclic) bond motifs is 1. The number of aromatic nitrogens is 1. The van der Waals surface area contributed by atoms with Crippen molar-refractivity contribution in [2.24, 2.45) is 0 Å². The van der Waals surface area contributed by atoms with E-state index in [0.717, 1.165) is 0 Å². The van der Waals surface area contributed by atoms with Gasteiger partial charge in [-0.1, -0.05) is 6.92 Å². The van der Waals surface area contributed by atoms with Crippen LogP contribution in [0.25, 0.3) is 10.2 Å². The second-order valence-corrected chi connectivity index (χ2v) is 4.46. The molecule has 2 aromatic heterocycles. The predicted molar refractivity (Wildman–Crippen MR) is 64.7 cm³/mol. The molecular weight excluding hydrogens is 244 g/mol. The van der Waals surface area contributed by atoms with E-state index in [4.69, 9.17) is 0 Å². The molecule has 0 radical (unpaired) electrons. The molecule has 0 saturated heterocycles. The maximum absolute atomic E-state index is 11.9. The lowest BCUT2D eigenvalue weighted by molar-refractivity contribution is -0.387. The first-order valence-electron chi connectivity index (χ1n) is 5.05. The largest absolute Gasteiger partial charge is 0.501 e. The Morgan fingerprint density at radius 2 is 2.29 bits per heavy atom. The predicted octanol–water partition coefficient (Wildman–Crippen LogP) is 2.09. The first-order chi connectivity index (χ1) is 8.07. The summed E-state index contributed by atoms with van der Waals surface area (Å²) in [7, 11) is 0. The van der Waals surface area contributed by atoms with Crippen molar-refractivity contribution >= 4 is 27.2 Å². The lowest BCUT2D eigenvalue weighted by Gasteiger charge is -2.07. The molecule has 0 bridgehead atoms. The summed E-state index contributed by atoms with van der Waals surface area (Å²) >= 11 is 1.18. The van der Waals surface area contributed by atoms with E-state index < -0.39 is 21.9 Å². The molecule has 0 fully saturated rings. The Hall–Kier alpha value is -1.89. The molecule has 2 aromatic rings. The van der Waals surface area contributed by atoms with Gasteiger partial charge < -0.3 is 9.67 Å². The maximum atomic E-state index is 11.9. The molecule has 0 unspecified atom stereocenters. The fraction of sp³-hybridized carbons (Fsp3) is 0.300. The average Bonchev–Trinajstić information content (AvgIpc) is 2.72. The molecule has 0 aliphatic rings. The molecule has 2 rings (SSSR count). The van der Waals surface area contributed by atoms with Crippen LogP contribution in [0.2, 0.25) is 0 Å². The molecular formula is C10H10N2O4S. The van der Waals surface area contributed by atoms with Crippen LogP contribution in [0.1, 0.15) is 13.3 Å². The molecule has 0 aliphatic heterocycles. The minimum atomic E-state index is -0.830. The zero-order valence-electron chi connectivity index (χ0n) is 9.04. The van der Waals surface area contributed by atoms with Crippen molar-refractivity contribution in [3.8, 4) is 5.75 Å². The fourth-order valence-electron chi connectivity index (χ4n) is 1.75. The van der Waals surface area contributed by atoms with E-state index in [0.29, 0.717) is 23.2 Å². The molecule has 90 valence electrons. The highest BCUT2D eigenvalue weighted by Crippen LogP contribution is 2.34. The summed E-state index contributed by atoms with van der Waals surface area (Å²) in [6.07, 6.45) is 0.687. The normalized spacial score (nSPS) is 10.9. The van der Waals surface area contributed by atoms with Gasteiger partial charge in [-0.15, -0.1) is 11.3 Å². The van der Waals surface area contributed by atoms with Crippen LogP contribution in [0.3, 0.4) is 0 Å².